The van der Waals surface area contributed by atoms with Gasteiger partial charge < -0.3 is 14.5 Å². The summed E-state index contributed by atoms with van der Waals surface area (Å²) < 4.78 is 11.3. The summed E-state index contributed by atoms with van der Waals surface area (Å²) in [5, 5.41) is 2.80. The molecule has 2 aromatic rings. The van der Waals surface area contributed by atoms with Gasteiger partial charge in [0.2, 0.25) is 0 Å². The molecule has 19 heavy (non-hydrogen) atoms. The van der Waals surface area contributed by atoms with Crippen molar-refractivity contribution in [3.05, 3.63) is 52.4 Å². The molecule has 0 fully saturated rings. The minimum atomic E-state index is -0.209. The molecule has 1 aromatic heterocycles. The second kappa shape index (κ2) is 6.43. The molecule has 0 spiro atoms. The first kappa shape index (κ1) is 13.7. The number of benzene rings is 1. The van der Waals surface area contributed by atoms with Crippen LogP contribution in [0.4, 0.5) is 0 Å². The van der Waals surface area contributed by atoms with Gasteiger partial charge in [-0.15, -0.1) is 0 Å². The molecule has 1 heterocycles. The molecule has 1 amide bonds. The number of hydrogen-bond acceptors (Lipinski definition) is 3. The third kappa shape index (κ3) is 3.61. The van der Waals surface area contributed by atoms with Crippen LogP contribution in [-0.4, -0.2) is 19.6 Å². The fourth-order valence-corrected chi connectivity index (χ4v) is 2.16. The van der Waals surface area contributed by atoms with E-state index in [2.05, 4.69) is 21.2 Å². The molecule has 100 valence electrons. The SMILES string of the molecule is COc1ccc(Br)cc1CCNC(=O)c1ccco1. The Morgan fingerprint density at radius 2 is 2.26 bits per heavy atom. The van der Waals surface area contributed by atoms with E-state index in [0.717, 1.165) is 15.8 Å². The number of halogens is 1. The fraction of sp³-hybridized carbons (Fsp3) is 0.214. The van der Waals surface area contributed by atoms with Gasteiger partial charge in [-0.1, -0.05) is 15.9 Å². The van der Waals surface area contributed by atoms with Gasteiger partial charge in [0.15, 0.2) is 5.76 Å². The first-order chi connectivity index (χ1) is 9.20. The van der Waals surface area contributed by atoms with Crippen molar-refractivity contribution < 1.29 is 13.9 Å². The Morgan fingerprint density at radius 3 is 2.95 bits per heavy atom. The second-order valence-electron chi connectivity index (χ2n) is 3.94. The van der Waals surface area contributed by atoms with Crippen LogP contribution in [0.15, 0.2) is 45.5 Å². The Hall–Kier alpha value is -1.75. The number of amides is 1. The highest BCUT2D eigenvalue weighted by atomic mass is 79.9. The molecule has 1 aromatic carbocycles. The van der Waals surface area contributed by atoms with Crippen LogP contribution in [0.25, 0.3) is 0 Å². The largest absolute Gasteiger partial charge is 0.496 e. The van der Waals surface area contributed by atoms with Gasteiger partial charge in [-0.3, -0.25) is 4.79 Å². The molecule has 0 aliphatic heterocycles. The van der Waals surface area contributed by atoms with Crippen molar-refractivity contribution >= 4 is 21.8 Å². The van der Waals surface area contributed by atoms with Crippen LogP contribution in [-0.2, 0) is 6.42 Å². The summed E-state index contributed by atoms with van der Waals surface area (Å²) in [7, 11) is 1.63. The fourth-order valence-electron chi connectivity index (χ4n) is 1.75. The number of methoxy groups -OCH3 is 1. The molecule has 0 radical (unpaired) electrons. The van der Waals surface area contributed by atoms with Crippen LogP contribution in [0, 0.1) is 0 Å². The molecular formula is C14H14BrNO3. The summed E-state index contributed by atoms with van der Waals surface area (Å²) in [6.45, 7) is 0.520. The van der Waals surface area contributed by atoms with Crippen molar-refractivity contribution in [3.63, 3.8) is 0 Å². The van der Waals surface area contributed by atoms with Crippen LogP contribution >= 0.6 is 15.9 Å². The van der Waals surface area contributed by atoms with E-state index in [1.807, 2.05) is 18.2 Å². The van der Waals surface area contributed by atoms with Gasteiger partial charge in [-0.25, -0.2) is 0 Å². The smallest absolute Gasteiger partial charge is 0.286 e. The van der Waals surface area contributed by atoms with Crippen LogP contribution in [0.2, 0.25) is 0 Å². The van der Waals surface area contributed by atoms with Crippen molar-refractivity contribution in [3.8, 4) is 5.75 Å². The van der Waals surface area contributed by atoms with Crippen molar-refractivity contribution in [2.75, 3.05) is 13.7 Å². The molecule has 0 aliphatic carbocycles. The predicted octanol–water partition coefficient (Wildman–Crippen LogP) is 3.02. The molecular weight excluding hydrogens is 310 g/mol. The number of carbonyl (C=O) groups excluding carboxylic acids is 1. The molecule has 1 N–H and O–H groups in total. The van der Waals surface area contributed by atoms with Gasteiger partial charge in [0.1, 0.15) is 5.75 Å². The van der Waals surface area contributed by atoms with E-state index < -0.39 is 0 Å². The Morgan fingerprint density at radius 1 is 1.42 bits per heavy atom. The van der Waals surface area contributed by atoms with Crippen LogP contribution in [0.3, 0.4) is 0 Å². The number of nitrogens with one attached hydrogen (secondary N) is 1. The zero-order chi connectivity index (χ0) is 13.7. The molecule has 4 nitrogen and oxygen atoms in total. The lowest BCUT2D eigenvalue weighted by molar-refractivity contribution is 0.0926. The maximum atomic E-state index is 11.7. The molecule has 0 saturated carbocycles. The van der Waals surface area contributed by atoms with E-state index in [1.165, 1.54) is 6.26 Å². The summed E-state index contributed by atoms with van der Waals surface area (Å²) in [6, 6.07) is 9.12. The number of furan rings is 1. The van der Waals surface area contributed by atoms with Crippen molar-refractivity contribution in [1.29, 1.82) is 0 Å². The van der Waals surface area contributed by atoms with Gasteiger partial charge in [-0.05, 0) is 42.3 Å². The first-order valence-corrected chi connectivity index (χ1v) is 6.64. The van der Waals surface area contributed by atoms with E-state index in [0.29, 0.717) is 18.7 Å². The minimum absolute atomic E-state index is 0.209. The summed E-state index contributed by atoms with van der Waals surface area (Å²) in [6.07, 6.45) is 2.17. The maximum absolute atomic E-state index is 11.7. The molecule has 0 aliphatic rings. The Balaban J connectivity index is 1.92. The topological polar surface area (TPSA) is 51.5 Å². The van der Waals surface area contributed by atoms with Crippen molar-refractivity contribution in [2.24, 2.45) is 0 Å². The maximum Gasteiger partial charge on any atom is 0.286 e. The predicted molar refractivity (Wildman–Crippen MR) is 75.4 cm³/mol. The van der Waals surface area contributed by atoms with Crippen LogP contribution in [0.5, 0.6) is 5.75 Å². The molecule has 5 heteroatoms. The summed E-state index contributed by atoms with van der Waals surface area (Å²) in [4.78, 5) is 11.7. The average Bonchev–Trinajstić information content (AvgIpc) is 2.93. The number of ether oxygens (including phenoxy) is 1. The highest BCUT2D eigenvalue weighted by molar-refractivity contribution is 9.10. The summed E-state index contributed by atoms with van der Waals surface area (Å²) in [5.41, 5.74) is 1.04. The second-order valence-corrected chi connectivity index (χ2v) is 4.86. The van der Waals surface area contributed by atoms with E-state index in [4.69, 9.17) is 9.15 Å². The molecule has 0 atom stereocenters. The lowest BCUT2D eigenvalue weighted by Gasteiger charge is -2.09. The Bertz CT molecular complexity index is 552. The lowest BCUT2D eigenvalue weighted by Crippen LogP contribution is -2.25. The highest BCUT2D eigenvalue weighted by Crippen LogP contribution is 2.23. The van der Waals surface area contributed by atoms with Gasteiger partial charge >= 0.3 is 0 Å². The highest BCUT2D eigenvalue weighted by Gasteiger charge is 2.08. The first-order valence-electron chi connectivity index (χ1n) is 5.85. The van der Waals surface area contributed by atoms with Gasteiger partial charge in [0, 0.05) is 11.0 Å². The third-order valence-corrected chi connectivity index (χ3v) is 3.16. The normalized spacial score (nSPS) is 10.2. The van der Waals surface area contributed by atoms with E-state index in [1.54, 1.807) is 19.2 Å². The zero-order valence-corrected chi connectivity index (χ0v) is 12.1. The zero-order valence-electron chi connectivity index (χ0n) is 10.5. The average molecular weight is 324 g/mol. The van der Waals surface area contributed by atoms with E-state index in [9.17, 15) is 4.79 Å². The van der Waals surface area contributed by atoms with E-state index >= 15 is 0 Å². The number of hydrogen-bond donors (Lipinski definition) is 1. The van der Waals surface area contributed by atoms with E-state index in [-0.39, 0.29) is 5.91 Å². The monoisotopic (exact) mass is 323 g/mol. The standard InChI is InChI=1S/C14H14BrNO3/c1-18-12-5-4-11(15)9-10(12)6-7-16-14(17)13-3-2-8-19-13/h2-5,8-9H,6-7H2,1H3,(H,16,17). The lowest BCUT2D eigenvalue weighted by atomic mass is 10.1. The Labute approximate surface area is 119 Å². The Kier molecular flexibility index (Phi) is 4.63. The third-order valence-electron chi connectivity index (χ3n) is 2.67. The summed E-state index contributed by atoms with van der Waals surface area (Å²) in [5.74, 6) is 0.926. The molecule has 0 bridgehead atoms. The van der Waals surface area contributed by atoms with Gasteiger partial charge in [-0.2, -0.15) is 0 Å². The molecule has 0 saturated heterocycles. The van der Waals surface area contributed by atoms with Gasteiger partial charge in [0.05, 0.1) is 13.4 Å². The van der Waals surface area contributed by atoms with Crippen molar-refractivity contribution in [1.82, 2.24) is 5.32 Å². The number of rotatable bonds is 5. The van der Waals surface area contributed by atoms with Crippen molar-refractivity contribution in [2.45, 2.75) is 6.42 Å². The van der Waals surface area contributed by atoms with Crippen LogP contribution in [0.1, 0.15) is 16.1 Å². The number of carbonyl (C=O) groups is 1. The minimum Gasteiger partial charge on any atom is -0.496 e. The summed E-state index contributed by atoms with van der Waals surface area (Å²) >= 11 is 3.42. The van der Waals surface area contributed by atoms with Gasteiger partial charge in [0.25, 0.3) is 5.91 Å². The van der Waals surface area contributed by atoms with Crippen LogP contribution < -0.4 is 10.1 Å². The molecule has 0 unspecified atom stereocenters. The molecule has 2 rings (SSSR count). The quantitative estimate of drug-likeness (QED) is 0.920.